The van der Waals surface area contributed by atoms with Gasteiger partial charge in [0.05, 0.1) is 5.69 Å². The van der Waals surface area contributed by atoms with E-state index in [0.717, 1.165) is 31.5 Å². The van der Waals surface area contributed by atoms with Crippen molar-refractivity contribution in [3.05, 3.63) is 57.5 Å². The molecule has 0 aliphatic heterocycles. The van der Waals surface area contributed by atoms with Gasteiger partial charge in [0.1, 0.15) is 5.69 Å². The molecule has 0 spiro atoms. The molecule has 0 bridgehead atoms. The van der Waals surface area contributed by atoms with Crippen molar-refractivity contribution < 1.29 is 8.78 Å². The molecule has 1 N–H and O–H groups in total. The average Bonchev–Trinajstić information content (AvgIpc) is 2.48. The zero-order valence-corrected chi connectivity index (χ0v) is 12.7. The first-order chi connectivity index (χ1) is 10.5. The summed E-state index contributed by atoms with van der Waals surface area (Å²) in [6.07, 6.45) is 2.08. The number of hydrogen-bond acceptors (Lipinski definition) is 3. The molecule has 0 aliphatic carbocycles. The van der Waals surface area contributed by atoms with E-state index in [4.69, 9.17) is 0 Å². The van der Waals surface area contributed by atoms with Gasteiger partial charge < -0.3 is 5.32 Å². The number of aromatic nitrogens is 2. The predicted molar refractivity (Wildman–Crippen MR) is 81.1 cm³/mol. The monoisotopic (exact) mass is 307 g/mol. The van der Waals surface area contributed by atoms with E-state index < -0.39 is 11.6 Å². The van der Waals surface area contributed by atoms with Gasteiger partial charge in [-0.3, -0.25) is 4.79 Å². The van der Waals surface area contributed by atoms with Gasteiger partial charge in [0.2, 0.25) is 5.43 Å². The fourth-order valence-corrected chi connectivity index (χ4v) is 2.09. The molecule has 4 nitrogen and oxygen atoms in total. The molecule has 0 saturated heterocycles. The van der Waals surface area contributed by atoms with Crippen molar-refractivity contribution in [3.8, 4) is 5.69 Å². The summed E-state index contributed by atoms with van der Waals surface area (Å²) in [5.41, 5.74) is 1.13. The van der Waals surface area contributed by atoms with Crippen LogP contribution in [0.5, 0.6) is 0 Å². The van der Waals surface area contributed by atoms with Crippen molar-refractivity contribution >= 4 is 0 Å². The highest BCUT2D eigenvalue weighted by atomic mass is 19.2. The van der Waals surface area contributed by atoms with Crippen LogP contribution in [0.3, 0.4) is 0 Å². The molecule has 0 atom stereocenters. The summed E-state index contributed by atoms with van der Waals surface area (Å²) in [4.78, 5) is 12.0. The summed E-state index contributed by atoms with van der Waals surface area (Å²) in [6.45, 7) is 4.94. The van der Waals surface area contributed by atoms with Crippen molar-refractivity contribution in [2.24, 2.45) is 0 Å². The topological polar surface area (TPSA) is 46.9 Å². The number of benzene rings is 1. The fourth-order valence-electron chi connectivity index (χ4n) is 2.09. The minimum absolute atomic E-state index is 0.166. The Bertz CT molecular complexity index is 713. The molecule has 0 aliphatic rings. The lowest BCUT2D eigenvalue weighted by molar-refractivity contribution is 0.507. The van der Waals surface area contributed by atoms with Crippen LogP contribution in [0.25, 0.3) is 5.69 Å². The second-order valence-corrected chi connectivity index (χ2v) is 5.14. The van der Waals surface area contributed by atoms with Gasteiger partial charge in [0.25, 0.3) is 0 Å². The van der Waals surface area contributed by atoms with Crippen LogP contribution in [-0.2, 0) is 6.54 Å². The maximum atomic E-state index is 13.4. The standard InChI is InChI=1S/C16H19F2N3O/c1-3-4-7-19-10-15-16(22)8-11(2)21(20-15)12-5-6-13(17)14(18)9-12/h5-6,8-9,19H,3-4,7,10H2,1-2H3. The SMILES string of the molecule is CCCCNCc1nn(-c2ccc(F)c(F)c2)c(C)cc1=O. The zero-order valence-electron chi connectivity index (χ0n) is 12.7. The highest BCUT2D eigenvalue weighted by molar-refractivity contribution is 5.33. The lowest BCUT2D eigenvalue weighted by Crippen LogP contribution is -2.25. The molecule has 6 heteroatoms. The number of hydrogen-bond donors (Lipinski definition) is 1. The summed E-state index contributed by atoms with van der Waals surface area (Å²) in [5.74, 6) is -1.86. The highest BCUT2D eigenvalue weighted by Crippen LogP contribution is 2.13. The van der Waals surface area contributed by atoms with Crippen LogP contribution in [0.15, 0.2) is 29.1 Å². The first-order valence-electron chi connectivity index (χ1n) is 7.29. The van der Waals surface area contributed by atoms with Gasteiger partial charge in [0.15, 0.2) is 11.6 Å². The zero-order chi connectivity index (χ0) is 16.1. The number of halogens is 2. The molecular weight excluding hydrogens is 288 g/mol. The third-order valence-electron chi connectivity index (χ3n) is 3.33. The van der Waals surface area contributed by atoms with Crippen LogP contribution in [0.1, 0.15) is 31.2 Å². The molecule has 1 heterocycles. The Labute approximate surface area is 127 Å². The number of aryl methyl sites for hydroxylation is 1. The van der Waals surface area contributed by atoms with E-state index in [1.807, 2.05) is 0 Å². The molecule has 22 heavy (non-hydrogen) atoms. The Morgan fingerprint density at radius 2 is 2.00 bits per heavy atom. The second-order valence-electron chi connectivity index (χ2n) is 5.14. The minimum atomic E-state index is -0.944. The molecule has 1 aromatic carbocycles. The smallest absolute Gasteiger partial charge is 0.204 e. The van der Waals surface area contributed by atoms with E-state index in [1.165, 1.54) is 16.8 Å². The van der Waals surface area contributed by atoms with Gasteiger partial charge in [-0.25, -0.2) is 13.5 Å². The molecule has 1 aromatic heterocycles. The van der Waals surface area contributed by atoms with Gasteiger partial charge in [-0.1, -0.05) is 13.3 Å². The van der Waals surface area contributed by atoms with Gasteiger partial charge in [0, 0.05) is 24.4 Å². The van der Waals surface area contributed by atoms with Crippen molar-refractivity contribution in [3.63, 3.8) is 0 Å². The van der Waals surface area contributed by atoms with Crippen LogP contribution in [0, 0.1) is 18.6 Å². The van der Waals surface area contributed by atoms with E-state index in [0.29, 0.717) is 23.6 Å². The van der Waals surface area contributed by atoms with E-state index >= 15 is 0 Å². The molecule has 0 fully saturated rings. The summed E-state index contributed by atoms with van der Waals surface area (Å²) in [6, 6.07) is 4.99. The molecule has 0 saturated carbocycles. The molecule has 0 amide bonds. The van der Waals surface area contributed by atoms with Crippen LogP contribution < -0.4 is 10.7 Å². The van der Waals surface area contributed by atoms with Crippen molar-refractivity contribution in [2.45, 2.75) is 33.2 Å². The molecule has 0 radical (unpaired) electrons. The molecule has 2 rings (SSSR count). The van der Waals surface area contributed by atoms with Gasteiger partial charge in [-0.2, -0.15) is 5.10 Å². The van der Waals surface area contributed by atoms with Gasteiger partial charge >= 0.3 is 0 Å². The van der Waals surface area contributed by atoms with Crippen LogP contribution in [-0.4, -0.2) is 16.3 Å². The molecule has 0 unspecified atom stereocenters. The highest BCUT2D eigenvalue weighted by Gasteiger charge is 2.09. The second kappa shape index (κ2) is 7.26. The predicted octanol–water partition coefficient (Wildman–Crippen LogP) is 2.71. The van der Waals surface area contributed by atoms with Crippen molar-refractivity contribution in [2.75, 3.05) is 6.54 Å². The Morgan fingerprint density at radius 3 is 2.68 bits per heavy atom. The normalized spacial score (nSPS) is 10.9. The van der Waals surface area contributed by atoms with Crippen LogP contribution >= 0.6 is 0 Å². The summed E-state index contributed by atoms with van der Waals surface area (Å²) in [5, 5.41) is 7.42. The Morgan fingerprint density at radius 1 is 1.23 bits per heavy atom. The summed E-state index contributed by atoms with van der Waals surface area (Å²) in [7, 11) is 0. The van der Waals surface area contributed by atoms with Crippen LogP contribution in [0.4, 0.5) is 8.78 Å². The van der Waals surface area contributed by atoms with E-state index in [-0.39, 0.29) is 5.43 Å². The first-order valence-corrected chi connectivity index (χ1v) is 7.29. The third kappa shape index (κ3) is 3.76. The maximum Gasteiger partial charge on any atom is 0.204 e. The third-order valence-corrected chi connectivity index (χ3v) is 3.33. The van der Waals surface area contributed by atoms with Crippen LogP contribution in [0.2, 0.25) is 0 Å². The van der Waals surface area contributed by atoms with Gasteiger partial charge in [-0.05, 0) is 32.0 Å². The number of rotatable bonds is 6. The lowest BCUT2D eigenvalue weighted by atomic mass is 10.2. The largest absolute Gasteiger partial charge is 0.311 e. The lowest BCUT2D eigenvalue weighted by Gasteiger charge is -2.12. The van der Waals surface area contributed by atoms with Gasteiger partial charge in [-0.15, -0.1) is 0 Å². The van der Waals surface area contributed by atoms with E-state index in [1.54, 1.807) is 6.92 Å². The average molecular weight is 307 g/mol. The van der Waals surface area contributed by atoms with E-state index in [2.05, 4.69) is 17.3 Å². The number of nitrogens with one attached hydrogen (secondary N) is 1. The fraction of sp³-hybridized carbons (Fsp3) is 0.375. The number of nitrogens with zero attached hydrogens (tertiary/aromatic N) is 2. The Balaban J connectivity index is 2.31. The van der Waals surface area contributed by atoms with E-state index in [9.17, 15) is 13.6 Å². The quantitative estimate of drug-likeness (QED) is 0.835. The maximum absolute atomic E-state index is 13.4. The van der Waals surface area contributed by atoms with Crippen molar-refractivity contribution in [1.82, 2.24) is 15.1 Å². The molecule has 118 valence electrons. The summed E-state index contributed by atoms with van der Waals surface area (Å²) >= 11 is 0. The van der Waals surface area contributed by atoms with Crippen molar-refractivity contribution in [1.29, 1.82) is 0 Å². The Hall–Kier alpha value is -2.08. The Kier molecular flexibility index (Phi) is 5.38. The molecular formula is C16H19F2N3O. The molecule has 2 aromatic rings. The summed E-state index contributed by atoms with van der Waals surface area (Å²) < 4.78 is 27.9. The minimum Gasteiger partial charge on any atom is -0.311 e. The first kappa shape index (κ1) is 16.3. The number of unbranched alkanes of at least 4 members (excludes halogenated alkanes) is 1.